The number of methoxy groups -OCH3 is 1. The van der Waals surface area contributed by atoms with Crippen LogP contribution in [0.3, 0.4) is 0 Å². The Morgan fingerprint density at radius 3 is 2.74 bits per heavy atom. The molecule has 3 rings (SSSR count). The van der Waals surface area contributed by atoms with Crippen LogP contribution in [-0.2, 0) is 14.3 Å². The first-order chi connectivity index (χ1) is 9.20. The van der Waals surface area contributed by atoms with Crippen LogP contribution >= 0.6 is 15.9 Å². The van der Waals surface area contributed by atoms with E-state index in [9.17, 15) is 4.79 Å². The molecule has 1 aromatic rings. The van der Waals surface area contributed by atoms with E-state index in [1.54, 1.807) is 7.11 Å². The van der Waals surface area contributed by atoms with Gasteiger partial charge in [-0.25, -0.2) is 4.79 Å². The maximum absolute atomic E-state index is 11.9. The van der Waals surface area contributed by atoms with Crippen molar-refractivity contribution in [2.45, 2.75) is 10.9 Å². The Kier molecular flexibility index (Phi) is 3.33. The van der Waals surface area contributed by atoms with Crippen molar-refractivity contribution in [3.05, 3.63) is 41.0 Å². The Morgan fingerprint density at radius 1 is 1.32 bits per heavy atom. The van der Waals surface area contributed by atoms with E-state index < -0.39 is 0 Å². The van der Waals surface area contributed by atoms with E-state index in [0.29, 0.717) is 18.8 Å². The number of hydrogen-bond donors (Lipinski definition) is 0. The highest BCUT2D eigenvalue weighted by molar-refractivity contribution is 9.09. The van der Waals surface area contributed by atoms with Crippen LogP contribution in [0.15, 0.2) is 35.4 Å². The number of ether oxygens (including phenoxy) is 3. The normalized spacial score (nSPS) is 26.1. The first-order valence-corrected chi connectivity index (χ1v) is 6.92. The third-order valence-corrected chi connectivity index (χ3v) is 4.21. The van der Waals surface area contributed by atoms with Crippen LogP contribution in [0.5, 0.6) is 5.75 Å². The summed E-state index contributed by atoms with van der Waals surface area (Å²) in [4.78, 5) is 12.0. The second-order valence-corrected chi connectivity index (χ2v) is 5.57. The van der Waals surface area contributed by atoms with Crippen LogP contribution in [0.4, 0.5) is 0 Å². The van der Waals surface area contributed by atoms with Gasteiger partial charge in [-0.15, -0.1) is 0 Å². The third-order valence-electron chi connectivity index (χ3n) is 3.39. The highest BCUT2D eigenvalue weighted by atomic mass is 79.9. The number of benzene rings is 1. The summed E-state index contributed by atoms with van der Waals surface area (Å²) in [7, 11) is 1.62. The molecule has 0 amide bonds. The highest BCUT2D eigenvalue weighted by Gasteiger charge is 2.39. The molecule has 0 saturated carbocycles. The average molecular weight is 325 g/mol. The Balaban J connectivity index is 1.95. The van der Waals surface area contributed by atoms with Crippen molar-refractivity contribution in [2.75, 3.05) is 20.3 Å². The lowest BCUT2D eigenvalue weighted by Crippen LogP contribution is -2.26. The predicted molar refractivity (Wildman–Crippen MR) is 72.4 cm³/mol. The predicted octanol–water partition coefficient (Wildman–Crippen LogP) is 2.38. The minimum atomic E-state index is -0.339. The Hall–Kier alpha value is -1.33. The van der Waals surface area contributed by atoms with Crippen LogP contribution < -0.4 is 4.74 Å². The molecule has 0 aliphatic carbocycles. The molecule has 2 aliphatic heterocycles. The zero-order chi connectivity index (χ0) is 13.4. The Labute approximate surface area is 119 Å². The van der Waals surface area contributed by atoms with E-state index in [0.717, 1.165) is 16.9 Å². The number of carbonyl (C=O) groups excluding carboxylic acids is 1. The summed E-state index contributed by atoms with van der Waals surface area (Å²) >= 11 is 3.51. The molecule has 2 atom stereocenters. The van der Waals surface area contributed by atoms with Crippen molar-refractivity contribution in [2.24, 2.45) is 0 Å². The zero-order valence-corrected chi connectivity index (χ0v) is 12.0. The molecular formula is C14H13BrO4. The molecule has 1 aromatic carbocycles. The number of carbonyl (C=O) groups is 1. The maximum atomic E-state index is 11.9. The summed E-state index contributed by atoms with van der Waals surface area (Å²) in [5.41, 5.74) is 2.57. The van der Waals surface area contributed by atoms with Crippen LogP contribution in [0.25, 0.3) is 0 Å². The number of esters is 1. The van der Waals surface area contributed by atoms with Crippen molar-refractivity contribution in [3.63, 3.8) is 0 Å². The zero-order valence-electron chi connectivity index (χ0n) is 10.4. The fourth-order valence-electron chi connectivity index (χ4n) is 2.37. The maximum Gasteiger partial charge on any atom is 0.337 e. The number of halogens is 1. The summed E-state index contributed by atoms with van der Waals surface area (Å²) < 4.78 is 16.0. The molecule has 19 heavy (non-hydrogen) atoms. The van der Waals surface area contributed by atoms with Crippen molar-refractivity contribution in [1.82, 2.24) is 0 Å². The Bertz CT molecular complexity index is 535. The SMILES string of the molecule is COc1ccc(C2OCC3=C2C(=O)OCC3Br)cc1. The Morgan fingerprint density at radius 2 is 2.05 bits per heavy atom. The minimum Gasteiger partial charge on any atom is -0.497 e. The lowest BCUT2D eigenvalue weighted by molar-refractivity contribution is -0.140. The van der Waals surface area contributed by atoms with Gasteiger partial charge in [-0.05, 0) is 23.3 Å². The minimum absolute atomic E-state index is 0.0587. The van der Waals surface area contributed by atoms with Crippen molar-refractivity contribution in [1.29, 1.82) is 0 Å². The van der Waals surface area contributed by atoms with Gasteiger partial charge in [0.05, 0.1) is 24.1 Å². The van der Waals surface area contributed by atoms with Gasteiger partial charge in [0.15, 0.2) is 0 Å². The third kappa shape index (κ3) is 2.17. The van der Waals surface area contributed by atoms with Gasteiger partial charge in [-0.2, -0.15) is 0 Å². The number of rotatable bonds is 2. The van der Waals surface area contributed by atoms with Crippen molar-refractivity contribution < 1.29 is 19.0 Å². The number of alkyl halides is 1. The molecule has 2 heterocycles. The molecule has 2 aliphatic rings. The molecule has 4 nitrogen and oxygen atoms in total. The second-order valence-electron chi connectivity index (χ2n) is 4.47. The molecule has 2 unspecified atom stereocenters. The second kappa shape index (κ2) is 4.98. The molecule has 0 bridgehead atoms. The van der Waals surface area contributed by atoms with Crippen LogP contribution in [-0.4, -0.2) is 31.1 Å². The fourth-order valence-corrected chi connectivity index (χ4v) is 2.88. The quantitative estimate of drug-likeness (QED) is 0.619. The van der Waals surface area contributed by atoms with E-state index in [2.05, 4.69) is 15.9 Å². The summed E-state index contributed by atoms with van der Waals surface area (Å²) in [6.07, 6.45) is -0.339. The summed E-state index contributed by atoms with van der Waals surface area (Å²) in [6, 6.07) is 7.53. The molecule has 0 N–H and O–H groups in total. The van der Waals surface area contributed by atoms with E-state index in [-0.39, 0.29) is 16.9 Å². The van der Waals surface area contributed by atoms with Gasteiger partial charge in [-0.3, -0.25) is 0 Å². The van der Waals surface area contributed by atoms with E-state index in [4.69, 9.17) is 14.2 Å². The molecule has 100 valence electrons. The summed E-state index contributed by atoms with van der Waals surface area (Å²) in [5.74, 6) is 0.504. The lowest BCUT2D eigenvalue weighted by atomic mass is 9.96. The van der Waals surface area contributed by atoms with E-state index >= 15 is 0 Å². The van der Waals surface area contributed by atoms with Crippen molar-refractivity contribution >= 4 is 21.9 Å². The molecule has 5 heteroatoms. The molecule has 0 saturated heterocycles. The van der Waals surface area contributed by atoms with Gasteiger partial charge in [0, 0.05) is 0 Å². The first kappa shape index (κ1) is 12.7. The van der Waals surface area contributed by atoms with Gasteiger partial charge < -0.3 is 14.2 Å². The topological polar surface area (TPSA) is 44.8 Å². The van der Waals surface area contributed by atoms with Crippen LogP contribution in [0, 0.1) is 0 Å². The molecular weight excluding hydrogens is 312 g/mol. The molecule has 0 fully saturated rings. The molecule has 0 spiro atoms. The standard InChI is InChI=1S/C14H13BrO4/c1-17-9-4-2-8(3-5-9)13-12-10(6-18-13)11(15)7-19-14(12)16/h2-5,11,13H,6-7H2,1H3. The summed E-state index contributed by atoms with van der Waals surface area (Å²) in [5, 5.41) is 0. The molecule has 0 aromatic heterocycles. The van der Waals surface area contributed by atoms with Gasteiger partial charge >= 0.3 is 5.97 Å². The van der Waals surface area contributed by atoms with Gasteiger partial charge in [0.2, 0.25) is 0 Å². The summed E-state index contributed by atoms with van der Waals surface area (Å²) in [6.45, 7) is 0.841. The van der Waals surface area contributed by atoms with E-state index in [1.165, 1.54) is 0 Å². The molecule has 0 radical (unpaired) electrons. The van der Waals surface area contributed by atoms with Gasteiger partial charge in [0.25, 0.3) is 0 Å². The van der Waals surface area contributed by atoms with E-state index in [1.807, 2.05) is 24.3 Å². The number of hydrogen-bond acceptors (Lipinski definition) is 4. The van der Waals surface area contributed by atoms with Gasteiger partial charge in [0.1, 0.15) is 18.5 Å². The number of cyclic esters (lactones) is 1. The largest absolute Gasteiger partial charge is 0.497 e. The average Bonchev–Trinajstić information content (AvgIpc) is 2.89. The highest BCUT2D eigenvalue weighted by Crippen LogP contribution is 2.40. The van der Waals surface area contributed by atoms with Gasteiger partial charge in [-0.1, -0.05) is 28.1 Å². The van der Waals surface area contributed by atoms with Crippen LogP contribution in [0.1, 0.15) is 11.7 Å². The smallest absolute Gasteiger partial charge is 0.337 e. The van der Waals surface area contributed by atoms with Crippen molar-refractivity contribution in [3.8, 4) is 5.75 Å². The van der Waals surface area contributed by atoms with Crippen LogP contribution in [0.2, 0.25) is 0 Å². The fraction of sp³-hybridized carbons (Fsp3) is 0.357. The lowest BCUT2D eigenvalue weighted by Gasteiger charge is -2.20. The first-order valence-electron chi connectivity index (χ1n) is 6.00. The monoisotopic (exact) mass is 324 g/mol.